The Morgan fingerprint density at radius 2 is 2.18 bits per heavy atom. The SMILES string of the molecule is Cc1ccccc1N(C)CC1COCCC1O. The van der Waals surface area contributed by atoms with Crippen molar-refractivity contribution in [2.24, 2.45) is 5.92 Å². The number of nitrogens with zero attached hydrogens (tertiary/aromatic N) is 1. The highest BCUT2D eigenvalue weighted by Crippen LogP contribution is 2.22. The van der Waals surface area contributed by atoms with E-state index in [0.717, 1.165) is 13.0 Å². The average Bonchev–Trinajstić information content (AvgIpc) is 2.32. The smallest absolute Gasteiger partial charge is 0.0629 e. The fourth-order valence-electron chi connectivity index (χ4n) is 2.40. The summed E-state index contributed by atoms with van der Waals surface area (Å²) in [5.41, 5.74) is 2.49. The van der Waals surface area contributed by atoms with Gasteiger partial charge in [0.15, 0.2) is 0 Å². The zero-order valence-corrected chi connectivity index (χ0v) is 10.6. The average molecular weight is 235 g/mol. The lowest BCUT2D eigenvalue weighted by Crippen LogP contribution is -2.39. The van der Waals surface area contributed by atoms with E-state index in [1.165, 1.54) is 11.3 Å². The van der Waals surface area contributed by atoms with Crippen LogP contribution in [0.4, 0.5) is 5.69 Å². The summed E-state index contributed by atoms with van der Waals surface area (Å²) in [4.78, 5) is 2.21. The Kier molecular flexibility index (Phi) is 4.02. The summed E-state index contributed by atoms with van der Waals surface area (Å²) in [6, 6.07) is 8.32. The lowest BCUT2D eigenvalue weighted by molar-refractivity contribution is -0.0320. The molecule has 1 N–H and O–H groups in total. The van der Waals surface area contributed by atoms with Crippen molar-refractivity contribution >= 4 is 5.69 Å². The number of hydrogen-bond donors (Lipinski definition) is 1. The first-order chi connectivity index (χ1) is 8.18. The summed E-state index contributed by atoms with van der Waals surface area (Å²) in [6.45, 7) is 4.30. The van der Waals surface area contributed by atoms with Crippen LogP contribution in [0.5, 0.6) is 0 Å². The highest BCUT2D eigenvalue weighted by Gasteiger charge is 2.25. The Balaban J connectivity index is 2.01. The second-order valence-corrected chi connectivity index (χ2v) is 4.86. The molecule has 1 aromatic rings. The van der Waals surface area contributed by atoms with E-state index in [1.807, 2.05) is 12.1 Å². The first-order valence-electron chi connectivity index (χ1n) is 6.21. The Bertz CT molecular complexity index is 367. The maximum atomic E-state index is 9.93. The van der Waals surface area contributed by atoms with Gasteiger partial charge in [0, 0.05) is 31.8 Å². The van der Waals surface area contributed by atoms with Crippen molar-refractivity contribution in [2.75, 3.05) is 31.7 Å². The van der Waals surface area contributed by atoms with Crippen molar-refractivity contribution in [3.05, 3.63) is 29.8 Å². The van der Waals surface area contributed by atoms with E-state index >= 15 is 0 Å². The van der Waals surface area contributed by atoms with Crippen LogP contribution in [-0.4, -0.2) is 38.0 Å². The lowest BCUT2D eigenvalue weighted by Gasteiger charge is -2.32. The quantitative estimate of drug-likeness (QED) is 0.867. The van der Waals surface area contributed by atoms with E-state index < -0.39 is 0 Å². The summed E-state index contributed by atoms with van der Waals surface area (Å²) in [5.74, 6) is 0.216. The fraction of sp³-hybridized carbons (Fsp3) is 0.571. The summed E-state index contributed by atoms with van der Waals surface area (Å²) >= 11 is 0. The third-order valence-electron chi connectivity index (χ3n) is 3.47. The fourth-order valence-corrected chi connectivity index (χ4v) is 2.40. The number of aryl methyl sites for hydroxylation is 1. The zero-order chi connectivity index (χ0) is 12.3. The molecule has 1 aliphatic rings. The van der Waals surface area contributed by atoms with Crippen LogP contribution in [0.25, 0.3) is 0 Å². The number of para-hydroxylation sites is 1. The molecule has 17 heavy (non-hydrogen) atoms. The van der Waals surface area contributed by atoms with Crippen molar-refractivity contribution in [3.8, 4) is 0 Å². The molecule has 0 spiro atoms. The number of rotatable bonds is 3. The zero-order valence-electron chi connectivity index (χ0n) is 10.6. The van der Waals surface area contributed by atoms with Gasteiger partial charge in [-0.3, -0.25) is 0 Å². The van der Waals surface area contributed by atoms with Crippen molar-refractivity contribution in [1.82, 2.24) is 0 Å². The number of hydrogen-bond acceptors (Lipinski definition) is 3. The van der Waals surface area contributed by atoms with E-state index in [0.29, 0.717) is 13.2 Å². The van der Waals surface area contributed by atoms with Crippen LogP contribution in [-0.2, 0) is 4.74 Å². The van der Waals surface area contributed by atoms with E-state index in [-0.39, 0.29) is 12.0 Å². The van der Waals surface area contributed by atoms with Crippen LogP contribution >= 0.6 is 0 Å². The van der Waals surface area contributed by atoms with Gasteiger partial charge in [0.05, 0.1) is 12.7 Å². The Hall–Kier alpha value is -1.06. The molecular weight excluding hydrogens is 214 g/mol. The second-order valence-electron chi connectivity index (χ2n) is 4.86. The van der Waals surface area contributed by atoms with Crippen LogP contribution in [0.1, 0.15) is 12.0 Å². The number of aliphatic hydroxyl groups is 1. The minimum absolute atomic E-state index is 0.216. The molecular formula is C14H21NO2. The largest absolute Gasteiger partial charge is 0.393 e. The Morgan fingerprint density at radius 1 is 1.41 bits per heavy atom. The van der Waals surface area contributed by atoms with Gasteiger partial charge in [-0.1, -0.05) is 18.2 Å². The van der Waals surface area contributed by atoms with E-state index in [9.17, 15) is 5.11 Å². The van der Waals surface area contributed by atoms with Crippen LogP contribution in [0.2, 0.25) is 0 Å². The Labute approximate surface area is 103 Å². The number of anilines is 1. The normalized spacial score (nSPS) is 24.6. The summed E-state index contributed by atoms with van der Waals surface area (Å²) in [7, 11) is 2.07. The summed E-state index contributed by atoms with van der Waals surface area (Å²) in [5, 5.41) is 9.93. The van der Waals surface area contributed by atoms with Gasteiger partial charge in [0.2, 0.25) is 0 Å². The lowest BCUT2D eigenvalue weighted by atomic mass is 9.98. The maximum absolute atomic E-state index is 9.93. The first-order valence-corrected chi connectivity index (χ1v) is 6.21. The molecule has 1 aliphatic heterocycles. The molecule has 3 nitrogen and oxygen atoms in total. The first kappa shape index (κ1) is 12.4. The van der Waals surface area contributed by atoms with Crippen LogP contribution in [0, 0.1) is 12.8 Å². The van der Waals surface area contributed by atoms with Crippen molar-refractivity contribution in [2.45, 2.75) is 19.4 Å². The molecule has 1 saturated heterocycles. The van der Waals surface area contributed by atoms with Crippen molar-refractivity contribution < 1.29 is 9.84 Å². The molecule has 0 amide bonds. The molecule has 0 saturated carbocycles. The van der Waals surface area contributed by atoms with E-state index in [4.69, 9.17) is 4.74 Å². The van der Waals surface area contributed by atoms with Crippen molar-refractivity contribution in [1.29, 1.82) is 0 Å². The maximum Gasteiger partial charge on any atom is 0.0629 e. The molecule has 2 atom stereocenters. The van der Waals surface area contributed by atoms with Gasteiger partial charge in [0.1, 0.15) is 0 Å². The van der Waals surface area contributed by atoms with Gasteiger partial charge in [-0.2, -0.15) is 0 Å². The molecule has 0 aliphatic carbocycles. The van der Waals surface area contributed by atoms with Crippen LogP contribution < -0.4 is 4.90 Å². The molecule has 2 rings (SSSR count). The third-order valence-corrected chi connectivity index (χ3v) is 3.47. The molecule has 0 aromatic heterocycles. The Morgan fingerprint density at radius 3 is 2.88 bits per heavy atom. The van der Waals surface area contributed by atoms with Gasteiger partial charge in [0.25, 0.3) is 0 Å². The highest BCUT2D eigenvalue weighted by atomic mass is 16.5. The number of benzene rings is 1. The molecule has 0 bridgehead atoms. The van der Waals surface area contributed by atoms with Gasteiger partial charge < -0.3 is 14.7 Å². The molecule has 1 fully saturated rings. The van der Waals surface area contributed by atoms with Gasteiger partial charge in [-0.15, -0.1) is 0 Å². The number of aliphatic hydroxyl groups excluding tert-OH is 1. The molecule has 1 heterocycles. The van der Waals surface area contributed by atoms with Gasteiger partial charge in [-0.05, 0) is 25.0 Å². The highest BCUT2D eigenvalue weighted by molar-refractivity contribution is 5.52. The molecule has 1 aromatic carbocycles. The van der Waals surface area contributed by atoms with Gasteiger partial charge >= 0.3 is 0 Å². The van der Waals surface area contributed by atoms with Crippen LogP contribution in [0.15, 0.2) is 24.3 Å². The molecule has 3 heteroatoms. The second kappa shape index (κ2) is 5.52. The van der Waals surface area contributed by atoms with Crippen LogP contribution in [0.3, 0.4) is 0 Å². The van der Waals surface area contributed by atoms with Gasteiger partial charge in [-0.25, -0.2) is 0 Å². The molecule has 2 unspecified atom stereocenters. The van der Waals surface area contributed by atoms with E-state index in [2.05, 4.69) is 31.0 Å². The predicted octanol–water partition coefficient (Wildman–Crippen LogP) is 1.83. The number of ether oxygens (including phenoxy) is 1. The van der Waals surface area contributed by atoms with Crippen molar-refractivity contribution in [3.63, 3.8) is 0 Å². The summed E-state index contributed by atoms with van der Waals surface area (Å²) < 4.78 is 5.43. The summed E-state index contributed by atoms with van der Waals surface area (Å²) in [6.07, 6.45) is 0.530. The minimum Gasteiger partial charge on any atom is -0.393 e. The molecule has 94 valence electrons. The predicted molar refractivity (Wildman–Crippen MR) is 69.4 cm³/mol. The molecule has 0 radical (unpaired) electrons. The third kappa shape index (κ3) is 2.99. The minimum atomic E-state index is -0.227. The topological polar surface area (TPSA) is 32.7 Å². The van der Waals surface area contributed by atoms with E-state index in [1.54, 1.807) is 0 Å². The monoisotopic (exact) mass is 235 g/mol. The standard InChI is InChI=1S/C14H21NO2/c1-11-5-3-4-6-13(11)15(2)9-12-10-17-8-7-14(12)16/h3-6,12,14,16H,7-10H2,1-2H3.